The Kier molecular flexibility index (Phi) is 5.89. The maximum atomic E-state index is 12.2. The van der Waals surface area contributed by atoms with Gasteiger partial charge in [0.2, 0.25) is 5.91 Å². The van der Waals surface area contributed by atoms with Gasteiger partial charge in [-0.2, -0.15) is 0 Å². The van der Waals surface area contributed by atoms with E-state index in [0.717, 1.165) is 38.5 Å². The van der Waals surface area contributed by atoms with Crippen molar-refractivity contribution in [2.24, 2.45) is 0 Å². The Labute approximate surface area is 162 Å². The van der Waals surface area contributed by atoms with Crippen molar-refractivity contribution in [1.29, 1.82) is 0 Å². The molecular weight excluding hydrogens is 366 g/mol. The van der Waals surface area contributed by atoms with Gasteiger partial charge < -0.3 is 10.1 Å². The number of nitrogens with one attached hydrogen (secondary N) is 1. The van der Waals surface area contributed by atoms with Gasteiger partial charge in [-0.25, -0.2) is 4.98 Å². The zero-order chi connectivity index (χ0) is 17.8. The van der Waals surface area contributed by atoms with Gasteiger partial charge in [-0.1, -0.05) is 6.07 Å². The summed E-state index contributed by atoms with van der Waals surface area (Å²) in [6.07, 6.45) is 3.61. The first-order chi connectivity index (χ1) is 12.8. The summed E-state index contributed by atoms with van der Waals surface area (Å²) in [4.78, 5) is 20.3. The summed E-state index contributed by atoms with van der Waals surface area (Å²) in [5.41, 5.74) is 3.93. The molecule has 26 heavy (non-hydrogen) atoms. The number of rotatable bonds is 6. The number of aromatic nitrogens is 1. The minimum Gasteiger partial charge on any atom is -0.379 e. The molecular formula is C19H23N3O2S2. The highest BCUT2D eigenvalue weighted by atomic mass is 32.2. The summed E-state index contributed by atoms with van der Waals surface area (Å²) < 4.78 is 5.36. The van der Waals surface area contributed by atoms with Crippen LogP contribution in [0.25, 0.3) is 0 Å². The number of nitrogens with zero attached hydrogens (tertiary/aromatic N) is 2. The number of fused-ring (bicyclic) bond motifs is 1. The molecule has 2 aliphatic rings. The molecule has 1 amide bonds. The van der Waals surface area contributed by atoms with Crippen molar-refractivity contribution in [2.75, 3.05) is 37.4 Å². The lowest BCUT2D eigenvalue weighted by Crippen LogP contribution is -2.35. The zero-order valence-electron chi connectivity index (χ0n) is 14.7. The number of hydrogen-bond acceptors (Lipinski definition) is 6. The highest BCUT2D eigenvalue weighted by Crippen LogP contribution is 2.27. The first kappa shape index (κ1) is 18.0. The number of benzene rings is 1. The van der Waals surface area contributed by atoms with Crippen LogP contribution in [0.15, 0.2) is 28.5 Å². The van der Waals surface area contributed by atoms with Crippen LogP contribution in [0.1, 0.15) is 23.2 Å². The van der Waals surface area contributed by atoms with Crippen LogP contribution in [0, 0.1) is 0 Å². The molecule has 0 unspecified atom stereocenters. The molecule has 0 atom stereocenters. The van der Waals surface area contributed by atoms with Gasteiger partial charge in [0.25, 0.3) is 0 Å². The smallest absolute Gasteiger partial charge is 0.236 e. The number of anilines is 1. The van der Waals surface area contributed by atoms with Gasteiger partial charge in [0.1, 0.15) is 0 Å². The predicted octanol–water partition coefficient (Wildman–Crippen LogP) is 3.19. The molecule has 0 bridgehead atoms. The molecule has 2 heterocycles. The van der Waals surface area contributed by atoms with Crippen molar-refractivity contribution >= 4 is 34.1 Å². The van der Waals surface area contributed by atoms with Crippen molar-refractivity contribution in [2.45, 2.75) is 30.7 Å². The second-order valence-corrected chi connectivity index (χ2v) is 8.56. The number of thioether (sulfide) groups is 1. The lowest BCUT2D eigenvalue weighted by Gasteiger charge is -2.25. The molecule has 1 fully saturated rings. The predicted molar refractivity (Wildman–Crippen MR) is 106 cm³/mol. The van der Waals surface area contributed by atoms with Crippen LogP contribution in [-0.4, -0.2) is 47.8 Å². The Morgan fingerprint density at radius 2 is 2.12 bits per heavy atom. The molecule has 1 N–H and O–H groups in total. The molecule has 2 aromatic rings. The number of morpholine rings is 1. The average Bonchev–Trinajstić information content (AvgIpc) is 3.29. The van der Waals surface area contributed by atoms with E-state index in [2.05, 4.69) is 33.4 Å². The third-order valence-electron chi connectivity index (χ3n) is 4.73. The molecule has 0 radical (unpaired) electrons. The fourth-order valence-corrected chi connectivity index (χ4v) is 4.85. The van der Waals surface area contributed by atoms with Crippen molar-refractivity contribution in [3.05, 3.63) is 40.4 Å². The molecule has 1 saturated heterocycles. The summed E-state index contributed by atoms with van der Waals surface area (Å²) in [7, 11) is 0. The minimum absolute atomic E-state index is 0.00257. The van der Waals surface area contributed by atoms with E-state index < -0.39 is 0 Å². The average molecular weight is 390 g/mol. The van der Waals surface area contributed by atoms with Crippen molar-refractivity contribution in [3.63, 3.8) is 0 Å². The topological polar surface area (TPSA) is 54.5 Å². The maximum absolute atomic E-state index is 12.2. The Balaban J connectivity index is 1.25. The zero-order valence-corrected chi connectivity index (χ0v) is 16.3. The molecule has 0 spiro atoms. The second-order valence-electron chi connectivity index (χ2n) is 6.65. The highest BCUT2D eigenvalue weighted by molar-refractivity contribution is 8.00. The third kappa shape index (κ3) is 4.65. The van der Waals surface area contributed by atoms with E-state index in [0.29, 0.717) is 10.9 Å². The standard InChI is InChI=1S/C19H23N3O2S2/c23-18(13-25-17-5-4-14-2-1-3-15(14)10-17)21-19-20-16(12-26-19)11-22-6-8-24-9-7-22/h4-5,10,12H,1-3,6-9,11,13H2,(H,20,21,23). The van der Waals surface area contributed by atoms with E-state index in [9.17, 15) is 4.79 Å². The van der Waals surface area contributed by atoms with Gasteiger partial charge in [0, 0.05) is 29.9 Å². The van der Waals surface area contributed by atoms with Crippen LogP contribution in [0.5, 0.6) is 0 Å². The first-order valence-electron chi connectivity index (χ1n) is 9.05. The van der Waals surface area contributed by atoms with Crippen LogP contribution in [0.4, 0.5) is 5.13 Å². The molecule has 138 valence electrons. The summed E-state index contributed by atoms with van der Waals surface area (Å²) in [6.45, 7) is 4.27. The summed E-state index contributed by atoms with van der Waals surface area (Å²) in [5, 5.41) is 5.64. The Hall–Kier alpha value is -1.41. The van der Waals surface area contributed by atoms with Gasteiger partial charge in [0.05, 0.1) is 24.7 Å². The number of carbonyl (C=O) groups is 1. The largest absolute Gasteiger partial charge is 0.379 e. The van der Waals surface area contributed by atoms with E-state index in [4.69, 9.17) is 4.74 Å². The van der Waals surface area contributed by atoms with Crippen LogP contribution >= 0.6 is 23.1 Å². The Morgan fingerprint density at radius 1 is 1.27 bits per heavy atom. The van der Waals surface area contributed by atoms with E-state index in [1.165, 1.54) is 46.6 Å². The lowest BCUT2D eigenvalue weighted by molar-refractivity contribution is -0.113. The molecule has 1 aromatic carbocycles. The SMILES string of the molecule is O=C(CSc1ccc2c(c1)CCC2)Nc1nc(CN2CCOCC2)cs1. The van der Waals surface area contributed by atoms with Gasteiger partial charge in [-0.15, -0.1) is 23.1 Å². The number of thiazole rings is 1. The summed E-state index contributed by atoms with van der Waals surface area (Å²) in [6, 6.07) is 6.58. The molecule has 0 saturated carbocycles. The van der Waals surface area contributed by atoms with Crippen LogP contribution in [0.3, 0.4) is 0 Å². The lowest BCUT2D eigenvalue weighted by atomic mass is 10.1. The molecule has 5 nitrogen and oxygen atoms in total. The van der Waals surface area contributed by atoms with E-state index in [-0.39, 0.29) is 5.91 Å². The van der Waals surface area contributed by atoms with Crippen LogP contribution in [0.2, 0.25) is 0 Å². The van der Waals surface area contributed by atoms with E-state index in [1.54, 1.807) is 11.8 Å². The number of ether oxygens (including phenoxy) is 1. The summed E-state index contributed by atoms with van der Waals surface area (Å²) >= 11 is 3.09. The molecule has 7 heteroatoms. The number of hydrogen-bond donors (Lipinski definition) is 1. The fraction of sp³-hybridized carbons (Fsp3) is 0.474. The van der Waals surface area contributed by atoms with E-state index >= 15 is 0 Å². The molecule has 1 aliphatic heterocycles. The monoisotopic (exact) mass is 389 g/mol. The number of amides is 1. The molecule has 4 rings (SSSR count). The highest BCUT2D eigenvalue weighted by Gasteiger charge is 2.14. The maximum Gasteiger partial charge on any atom is 0.236 e. The fourth-order valence-electron chi connectivity index (χ4n) is 3.37. The van der Waals surface area contributed by atoms with Crippen molar-refractivity contribution in [3.8, 4) is 0 Å². The Bertz CT molecular complexity index is 772. The molecule has 1 aromatic heterocycles. The van der Waals surface area contributed by atoms with Gasteiger partial charge in [-0.3, -0.25) is 9.69 Å². The number of carbonyl (C=O) groups excluding carboxylic acids is 1. The normalized spacial score (nSPS) is 17.2. The van der Waals surface area contributed by atoms with Gasteiger partial charge >= 0.3 is 0 Å². The van der Waals surface area contributed by atoms with Gasteiger partial charge in [0.15, 0.2) is 5.13 Å². The van der Waals surface area contributed by atoms with Crippen molar-refractivity contribution in [1.82, 2.24) is 9.88 Å². The van der Waals surface area contributed by atoms with Gasteiger partial charge in [-0.05, 0) is 42.5 Å². The van der Waals surface area contributed by atoms with Crippen LogP contribution < -0.4 is 5.32 Å². The Morgan fingerprint density at radius 3 is 3.00 bits per heavy atom. The number of aryl methyl sites for hydroxylation is 2. The van der Waals surface area contributed by atoms with Crippen molar-refractivity contribution < 1.29 is 9.53 Å². The summed E-state index contributed by atoms with van der Waals surface area (Å²) in [5.74, 6) is 0.416. The second kappa shape index (κ2) is 8.52. The molecule has 1 aliphatic carbocycles. The van der Waals surface area contributed by atoms with E-state index in [1.807, 2.05) is 5.38 Å². The minimum atomic E-state index is 0.00257. The quantitative estimate of drug-likeness (QED) is 0.769. The third-order valence-corrected chi connectivity index (χ3v) is 6.53. The van der Waals surface area contributed by atoms with Crippen LogP contribution in [-0.2, 0) is 28.9 Å². The first-order valence-corrected chi connectivity index (χ1v) is 10.9.